The van der Waals surface area contributed by atoms with Crippen LogP contribution in [0.2, 0.25) is 0 Å². The highest BCUT2D eigenvalue weighted by molar-refractivity contribution is 5.79. The number of methoxy groups -OCH3 is 1. The van der Waals surface area contributed by atoms with Crippen molar-refractivity contribution in [3.05, 3.63) is 24.3 Å². The van der Waals surface area contributed by atoms with Gasteiger partial charge in [-0.2, -0.15) is 0 Å². The molecule has 0 aliphatic carbocycles. The van der Waals surface area contributed by atoms with Gasteiger partial charge in [0.1, 0.15) is 19.1 Å². The Labute approximate surface area is 93.9 Å². The van der Waals surface area contributed by atoms with E-state index in [0.29, 0.717) is 13.4 Å². The summed E-state index contributed by atoms with van der Waals surface area (Å²) in [4.78, 5) is 12.9. The van der Waals surface area contributed by atoms with Crippen LogP contribution in [-0.2, 0) is 9.53 Å². The zero-order valence-electron chi connectivity index (χ0n) is 9.10. The number of para-hydroxylation sites is 2. The van der Waals surface area contributed by atoms with Crippen LogP contribution in [-0.4, -0.2) is 37.9 Å². The van der Waals surface area contributed by atoms with Crippen molar-refractivity contribution in [3.8, 4) is 5.75 Å². The van der Waals surface area contributed by atoms with Crippen molar-refractivity contribution >= 4 is 11.6 Å². The largest absolute Gasteiger partial charge is 0.495 e. The standard InChI is InChI=1S/C11H14N2O3/c1-15-10-5-3-2-4-9(10)12-7-13-8-16-6-11(13)14/h2-5,12H,6-8H2,1H3. The van der Waals surface area contributed by atoms with E-state index in [-0.39, 0.29) is 12.5 Å². The van der Waals surface area contributed by atoms with Gasteiger partial charge in [-0.15, -0.1) is 0 Å². The van der Waals surface area contributed by atoms with Gasteiger partial charge in [0.05, 0.1) is 19.5 Å². The van der Waals surface area contributed by atoms with Gasteiger partial charge in [0.2, 0.25) is 0 Å². The maximum absolute atomic E-state index is 11.3. The van der Waals surface area contributed by atoms with Crippen LogP contribution in [0.1, 0.15) is 0 Å². The van der Waals surface area contributed by atoms with Gasteiger partial charge in [-0.3, -0.25) is 9.69 Å². The zero-order valence-corrected chi connectivity index (χ0v) is 9.10. The molecule has 1 saturated heterocycles. The first-order valence-corrected chi connectivity index (χ1v) is 5.03. The molecule has 1 aliphatic heterocycles. The lowest BCUT2D eigenvalue weighted by atomic mass is 10.3. The number of amides is 1. The van der Waals surface area contributed by atoms with Crippen LogP contribution in [0.25, 0.3) is 0 Å². The Balaban J connectivity index is 1.96. The van der Waals surface area contributed by atoms with Crippen LogP contribution in [0.15, 0.2) is 24.3 Å². The lowest BCUT2D eigenvalue weighted by molar-refractivity contribution is -0.126. The van der Waals surface area contributed by atoms with Crippen molar-refractivity contribution in [1.82, 2.24) is 4.90 Å². The average molecular weight is 222 g/mol. The fourth-order valence-electron chi connectivity index (χ4n) is 1.51. The first-order valence-electron chi connectivity index (χ1n) is 5.03. The summed E-state index contributed by atoms with van der Waals surface area (Å²) in [5.41, 5.74) is 0.865. The minimum atomic E-state index is 0.00222. The van der Waals surface area contributed by atoms with Gasteiger partial charge in [0, 0.05) is 0 Å². The molecule has 5 nitrogen and oxygen atoms in total. The van der Waals surface area contributed by atoms with E-state index < -0.39 is 0 Å². The number of anilines is 1. The van der Waals surface area contributed by atoms with Gasteiger partial charge in [-0.25, -0.2) is 0 Å². The topological polar surface area (TPSA) is 50.8 Å². The number of hydrogen-bond donors (Lipinski definition) is 1. The fraction of sp³-hybridized carbons (Fsp3) is 0.364. The molecule has 0 atom stereocenters. The summed E-state index contributed by atoms with van der Waals surface area (Å²) in [6.07, 6.45) is 0. The van der Waals surface area contributed by atoms with Gasteiger partial charge >= 0.3 is 0 Å². The number of nitrogens with one attached hydrogen (secondary N) is 1. The molecule has 0 saturated carbocycles. The van der Waals surface area contributed by atoms with Crippen LogP contribution >= 0.6 is 0 Å². The summed E-state index contributed by atoms with van der Waals surface area (Å²) in [6, 6.07) is 7.58. The molecule has 2 rings (SSSR count). The van der Waals surface area contributed by atoms with Gasteiger partial charge < -0.3 is 14.8 Å². The summed E-state index contributed by atoms with van der Waals surface area (Å²) in [6.45, 7) is 0.952. The first-order chi connectivity index (χ1) is 7.81. The number of carbonyl (C=O) groups is 1. The molecule has 86 valence electrons. The number of ether oxygens (including phenoxy) is 2. The Hall–Kier alpha value is -1.75. The number of carbonyl (C=O) groups excluding carboxylic acids is 1. The molecule has 1 aromatic carbocycles. The summed E-state index contributed by atoms with van der Waals surface area (Å²) in [5, 5.41) is 3.14. The van der Waals surface area contributed by atoms with Crippen LogP contribution in [0.4, 0.5) is 5.69 Å². The molecular weight excluding hydrogens is 208 g/mol. The molecule has 0 bridgehead atoms. The summed E-state index contributed by atoms with van der Waals surface area (Å²) >= 11 is 0. The second kappa shape index (κ2) is 4.85. The third-order valence-electron chi connectivity index (χ3n) is 2.39. The Morgan fingerprint density at radius 3 is 3.00 bits per heavy atom. The van der Waals surface area contributed by atoms with Gasteiger partial charge in [-0.05, 0) is 12.1 Å². The molecule has 0 aromatic heterocycles. The average Bonchev–Trinajstić information content (AvgIpc) is 2.72. The Bertz CT molecular complexity index is 381. The van der Waals surface area contributed by atoms with Crippen molar-refractivity contribution in [2.24, 2.45) is 0 Å². The molecule has 16 heavy (non-hydrogen) atoms. The highest BCUT2D eigenvalue weighted by Crippen LogP contribution is 2.22. The Morgan fingerprint density at radius 2 is 2.31 bits per heavy atom. The van der Waals surface area contributed by atoms with Crippen molar-refractivity contribution < 1.29 is 14.3 Å². The number of rotatable bonds is 4. The minimum absolute atomic E-state index is 0.00222. The van der Waals surface area contributed by atoms with Crippen LogP contribution in [0, 0.1) is 0 Å². The zero-order chi connectivity index (χ0) is 11.4. The van der Waals surface area contributed by atoms with E-state index in [0.717, 1.165) is 11.4 Å². The monoisotopic (exact) mass is 222 g/mol. The Kier molecular flexibility index (Phi) is 3.26. The Morgan fingerprint density at radius 1 is 1.50 bits per heavy atom. The summed E-state index contributed by atoms with van der Waals surface area (Å²) in [7, 11) is 1.62. The smallest absolute Gasteiger partial charge is 0.251 e. The van der Waals surface area contributed by atoms with Crippen LogP contribution < -0.4 is 10.1 Å². The lowest BCUT2D eigenvalue weighted by Crippen LogP contribution is -2.31. The normalized spacial score (nSPS) is 15.3. The molecule has 1 fully saturated rings. The molecule has 1 aliphatic rings. The first kappa shape index (κ1) is 10.8. The SMILES string of the molecule is COc1ccccc1NCN1COCC1=O. The fourth-order valence-corrected chi connectivity index (χ4v) is 1.51. The third kappa shape index (κ3) is 2.25. The molecule has 5 heteroatoms. The van der Waals surface area contributed by atoms with Gasteiger partial charge in [-0.1, -0.05) is 12.1 Å². The molecule has 1 N–H and O–H groups in total. The maximum Gasteiger partial charge on any atom is 0.251 e. The van der Waals surface area contributed by atoms with Crippen LogP contribution in [0.3, 0.4) is 0 Å². The van der Waals surface area contributed by atoms with Crippen molar-refractivity contribution in [3.63, 3.8) is 0 Å². The van der Waals surface area contributed by atoms with E-state index in [1.54, 1.807) is 12.0 Å². The second-order valence-corrected chi connectivity index (χ2v) is 3.45. The number of nitrogens with zero attached hydrogens (tertiary/aromatic N) is 1. The van der Waals surface area contributed by atoms with E-state index in [2.05, 4.69) is 5.32 Å². The third-order valence-corrected chi connectivity index (χ3v) is 2.39. The molecule has 0 spiro atoms. The summed E-state index contributed by atoms with van der Waals surface area (Å²) < 4.78 is 10.2. The molecule has 1 amide bonds. The van der Waals surface area contributed by atoms with Gasteiger partial charge in [0.25, 0.3) is 5.91 Å². The number of benzene rings is 1. The molecule has 1 heterocycles. The predicted molar refractivity (Wildman–Crippen MR) is 59.1 cm³/mol. The van der Waals surface area contributed by atoms with Crippen molar-refractivity contribution in [2.45, 2.75) is 0 Å². The molecule has 1 aromatic rings. The molecule has 0 unspecified atom stereocenters. The highest BCUT2D eigenvalue weighted by atomic mass is 16.5. The van der Waals surface area contributed by atoms with E-state index in [9.17, 15) is 4.79 Å². The maximum atomic E-state index is 11.3. The molecule has 0 radical (unpaired) electrons. The van der Waals surface area contributed by atoms with E-state index in [1.165, 1.54) is 0 Å². The van der Waals surface area contributed by atoms with Crippen molar-refractivity contribution in [1.29, 1.82) is 0 Å². The van der Waals surface area contributed by atoms with Crippen molar-refractivity contribution in [2.75, 3.05) is 32.4 Å². The number of hydrogen-bond acceptors (Lipinski definition) is 4. The second-order valence-electron chi connectivity index (χ2n) is 3.45. The van der Waals surface area contributed by atoms with Crippen LogP contribution in [0.5, 0.6) is 5.75 Å². The predicted octanol–water partition coefficient (Wildman–Crippen LogP) is 0.881. The van der Waals surface area contributed by atoms with Gasteiger partial charge in [0.15, 0.2) is 0 Å². The van der Waals surface area contributed by atoms with E-state index >= 15 is 0 Å². The minimum Gasteiger partial charge on any atom is -0.495 e. The lowest BCUT2D eigenvalue weighted by Gasteiger charge is -2.16. The highest BCUT2D eigenvalue weighted by Gasteiger charge is 2.20. The molecular formula is C11H14N2O3. The van der Waals surface area contributed by atoms with E-state index in [1.807, 2.05) is 24.3 Å². The quantitative estimate of drug-likeness (QED) is 0.821. The van der Waals surface area contributed by atoms with E-state index in [4.69, 9.17) is 9.47 Å². The summed E-state index contributed by atoms with van der Waals surface area (Å²) in [5.74, 6) is 0.762.